The van der Waals surface area contributed by atoms with Gasteiger partial charge in [0.15, 0.2) is 0 Å². The number of carbonyl (C=O) groups excluding carboxylic acids is 1. The quantitative estimate of drug-likeness (QED) is 0.886. The number of ether oxygens (including phenoxy) is 1. The van der Waals surface area contributed by atoms with E-state index in [1.807, 2.05) is 35.6 Å². The van der Waals surface area contributed by atoms with Crippen LogP contribution in [0.4, 0.5) is 0 Å². The first kappa shape index (κ1) is 16.0. The van der Waals surface area contributed by atoms with Crippen LogP contribution in [0.3, 0.4) is 0 Å². The number of thiazole rings is 1. The van der Waals surface area contributed by atoms with Crippen molar-refractivity contribution in [3.63, 3.8) is 0 Å². The van der Waals surface area contributed by atoms with Gasteiger partial charge in [0.05, 0.1) is 24.2 Å². The van der Waals surface area contributed by atoms with Crippen LogP contribution >= 0.6 is 11.3 Å². The fraction of sp³-hybridized carbons (Fsp3) is 0.444. The molecule has 1 aliphatic rings. The third-order valence-electron chi connectivity index (χ3n) is 4.07. The second kappa shape index (κ2) is 7.59. The number of nitrogens with zero attached hydrogens (tertiary/aromatic N) is 1. The van der Waals surface area contributed by atoms with Gasteiger partial charge in [-0.2, -0.15) is 0 Å². The zero-order chi connectivity index (χ0) is 16.1. The lowest BCUT2D eigenvalue weighted by molar-refractivity contribution is -0.120. The van der Waals surface area contributed by atoms with Crippen LogP contribution in [0.5, 0.6) is 5.75 Å². The molecule has 0 bridgehead atoms. The zero-order valence-corrected chi connectivity index (χ0v) is 14.2. The molecule has 23 heavy (non-hydrogen) atoms. The second-order valence-corrected chi connectivity index (χ2v) is 6.98. The molecule has 0 aliphatic heterocycles. The number of aryl methyl sites for hydroxylation is 2. The van der Waals surface area contributed by atoms with Crippen molar-refractivity contribution in [3.05, 3.63) is 45.4 Å². The van der Waals surface area contributed by atoms with Crippen LogP contribution in [0.2, 0.25) is 0 Å². The molecule has 122 valence electrons. The van der Waals surface area contributed by atoms with Gasteiger partial charge >= 0.3 is 0 Å². The van der Waals surface area contributed by atoms with E-state index < -0.39 is 0 Å². The van der Waals surface area contributed by atoms with Gasteiger partial charge in [0, 0.05) is 17.8 Å². The van der Waals surface area contributed by atoms with Crippen LogP contribution in [0.25, 0.3) is 0 Å². The Balaban J connectivity index is 1.44. The molecule has 0 spiro atoms. The summed E-state index contributed by atoms with van der Waals surface area (Å²) in [5.74, 6) is 0.860. The Labute approximate surface area is 140 Å². The van der Waals surface area contributed by atoms with Crippen LogP contribution in [0, 0.1) is 0 Å². The zero-order valence-electron chi connectivity index (χ0n) is 13.4. The number of methoxy groups -OCH3 is 1. The summed E-state index contributed by atoms with van der Waals surface area (Å²) in [5, 5.41) is 4.14. The van der Waals surface area contributed by atoms with Crippen molar-refractivity contribution in [2.75, 3.05) is 13.7 Å². The van der Waals surface area contributed by atoms with Gasteiger partial charge in [-0.1, -0.05) is 12.1 Å². The Morgan fingerprint density at radius 2 is 2.04 bits per heavy atom. The average molecular weight is 330 g/mol. The molecule has 1 aromatic heterocycles. The molecule has 0 saturated carbocycles. The predicted molar refractivity (Wildman–Crippen MR) is 92.2 cm³/mol. The SMILES string of the molecule is COc1ccc(CC(=O)NCCc2nc3c(s2)CCCC3)cc1. The maximum atomic E-state index is 12.0. The normalized spacial score (nSPS) is 13.4. The molecule has 1 N–H and O–H groups in total. The molecule has 2 aromatic rings. The van der Waals surface area contributed by atoms with Crippen molar-refractivity contribution < 1.29 is 9.53 Å². The monoisotopic (exact) mass is 330 g/mol. The fourth-order valence-corrected chi connectivity index (χ4v) is 3.97. The van der Waals surface area contributed by atoms with E-state index in [9.17, 15) is 4.79 Å². The van der Waals surface area contributed by atoms with Gasteiger partial charge in [0.2, 0.25) is 5.91 Å². The van der Waals surface area contributed by atoms with E-state index in [0.29, 0.717) is 13.0 Å². The predicted octanol–water partition coefficient (Wildman–Crippen LogP) is 2.93. The summed E-state index contributed by atoms with van der Waals surface area (Å²) in [4.78, 5) is 18.2. The van der Waals surface area contributed by atoms with Crippen LogP contribution in [-0.2, 0) is 30.5 Å². The van der Waals surface area contributed by atoms with Gasteiger partial charge in [-0.25, -0.2) is 4.98 Å². The van der Waals surface area contributed by atoms with Crippen molar-refractivity contribution in [1.82, 2.24) is 10.3 Å². The van der Waals surface area contributed by atoms with Crippen molar-refractivity contribution in [1.29, 1.82) is 0 Å². The summed E-state index contributed by atoms with van der Waals surface area (Å²) < 4.78 is 5.12. The number of amides is 1. The van der Waals surface area contributed by atoms with Gasteiger partial charge in [0.25, 0.3) is 0 Å². The molecule has 0 unspecified atom stereocenters. The molecule has 0 saturated heterocycles. The van der Waals surface area contributed by atoms with E-state index in [1.54, 1.807) is 7.11 Å². The minimum absolute atomic E-state index is 0.0523. The Bertz CT molecular complexity index is 641. The van der Waals surface area contributed by atoms with Crippen molar-refractivity contribution >= 4 is 17.2 Å². The molecule has 1 heterocycles. The number of aromatic nitrogens is 1. The lowest BCUT2D eigenvalue weighted by atomic mass is 10.0. The molecule has 1 aromatic carbocycles. The summed E-state index contributed by atoms with van der Waals surface area (Å²) in [6.45, 7) is 0.654. The van der Waals surface area contributed by atoms with E-state index in [1.165, 1.54) is 29.8 Å². The Kier molecular flexibility index (Phi) is 5.28. The number of fused-ring (bicyclic) bond motifs is 1. The van der Waals surface area contributed by atoms with E-state index in [2.05, 4.69) is 5.32 Å². The maximum Gasteiger partial charge on any atom is 0.224 e. The highest BCUT2D eigenvalue weighted by atomic mass is 32.1. The number of rotatable bonds is 6. The fourth-order valence-electron chi connectivity index (χ4n) is 2.81. The van der Waals surface area contributed by atoms with Gasteiger partial charge in [0.1, 0.15) is 5.75 Å². The number of hydrogen-bond donors (Lipinski definition) is 1. The number of benzene rings is 1. The lowest BCUT2D eigenvalue weighted by Crippen LogP contribution is -2.27. The first-order valence-electron chi connectivity index (χ1n) is 8.11. The van der Waals surface area contributed by atoms with Crippen LogP contribution in [0.1, 0.15) is 34.0 Å². The highest BCUT2D eigenvalue weighted by molar-refractivity contribution is 7.11. The summed E-state index contributed by atoms with van der Waals surface area (Å²) >= 11 is 1.82. The minimum Gasteiger partial charge on any atom is -0.497 e. The number of hydrogen-bond acceptors (Lipinski definition) is 4. The molecular weight excluding hydrogens is 308 g/mol. The van der Waals surface area contributed by atoms with E-state index >= 15 is 0 Å². The van der Waals surface area contributed by atoms with Gasteiger partial charge in [-0.3, -0.25) is 4.79 Å². The summed E-state index contributed by atoms with van der Waals surface area (Å²) in [7, 11) is 1.64. The second-order valence-electron chi connectivity index (χ2n) is 5.81. The molecule has 0 fully saturated rings. The van der Waals surface area contributed by atoms with Crippen molar-refractivity contribution in [2.24, 2.45) is 0 Å². The van der Waals surface area contributed by atoms with Gasteiger partial charge < -0.3 is 10.1 Å². The summed E-state index contributed by atoms with van der Waals surface area (Å²) in [6, 6.07) is 7.60. The first-order chi connectivity index (χ1) is 11.2. The molecule has 4 nitrogen and oxygen atoms in total. The van der Waals surface area contributed by atoms with Crippen LogP contribution in [0.15, 0.2) is 24.3 Å². The smallest absolute Gasteiger partial charge is 0.224 e. The van der Waals surface area contributed by atoms with Crippen molar-refractivity contribution in [3.8, 4) is 5.75 Å². The standard InChI is InChI=1S/C18H22N2O2S/c1-22-14-8-6-13(7-9-14)12-17(21)19-11-10-18-20-15-4-2-3-5-16(15)23-18/h6-9H,2-5,10-12H2,1H3,(H,19,21). The topological polar surface area (TPSA) is 51.2 Å². The Hall–Kier alpha value is -1.88. The highest BCUT2D eigenvalue weighted by Gasteiger charge is 2.14. The van der Waals surface area contributed by atoms with Crippen molar-refractivity contribution in [2.45, 2.75) is 38.5 Å². The van der Waals surface area contributed by atoms with Crippen LogP contribution < -0.4 is 10.1 Å². The number of nitrogens with one attached hydrogen (secondary N) is 1. The molecule has 5 heteroatoms. The third-order valence-corrected chi connectivity index (χ3v) is 5.29. The van der Waals surface area contributed by atoms with Gasteiger partial charge in [-0.05, 0) is 43.4 Å². The Morgan fingerprint density at radius 3 is 2.78 bits per heavy atom. The molecule has 0 atom stereocenters. The van der Waals surface area contributed by atoms with E-state index in [-0.39, 0.29) is 5.91 Å². The van der Waals surface area contributed by atoms with Crippen LogP contribution in [-0.4, -0.2) is 24.5 Å². The molecule has 1 amide bonds. The average Bonchev–Trinajstić information content (AvgIpc) is 2.98. The summed E-state index contributed by atoms with van der Waals surface area (Å²) in [5.41, 5.74) is 2.29. The minimum atomic E-state index is 0.0523. The highest BCUT2D eigenvalue weighted by Crippen LogP contribution is 2.26. The van der Waals surface area contributed by atoms with Gasteiger partial charge in [-0.15, -0.1) is 11.3 Å². The lowest BCUT2D eigenvalue weighted by Gasteiger charge is -2.06. The molecule has 0 radical (unpaired) electrons. The maximum absolute atomic E-state index is 12.0. The molecule has 3 rings (SSSR count). The van der Waals surface area contributed by atoms with E-state index in [4.69, 9.17) is 9.72 Å². The largest absolute Gasteiger partial charge is 0.497 e. The first-order valence-corrected chi connectivity index (χ1v) is 8.93. The molecule has 1 aliphatic carbocycles. The Morgan fingerprint density at radius 1 is 1.26 bits per heavy atom. The number of carbonyl (C=O) groups is 1. The van der Waals surface area contributed by atoms with E-state index in [0.717, 1.165) is 29.2 Å². The summed E-state index contributed by atoms with van der Waals surface area (Å²) in [6.07, 6.45) is 6.07. The third kappa shape index (κ3) is 4.32. The molecular formula is C18H22N2O2S.